The molecule has 0 fully saturated rings. The number of nitro groups is 1. The Morgan fingerprint density at radius 1 is 1.56 bits per heavy atom. The predicted molar refractivity (Wildman–Crippen MR) is 66.9 cm³/mol. The Morgan fingerprint density at radius 3 is 2.78 bits per heavy atom. The van der Waals surface area contributed by atoms with Gasteiger partial charge in [-0.25, -0.2) is 4.79 Å². The number of nitro benzene ring substituents is 1. The topological polar surface area (TPSA) is 89.7 Å². The maximum absolute atomic E-state index is 10.9. The molecule has 0 saturated carbocycles. The average Bonchev–Trinajstić information content (AvgIpc) is 2.34. The van der Waals surface area contributed by atoms with E-state index in [1.54, 1.807) is 25.1 Å². The highest BCUT2D eigenvalue weighted by Crippen LogP contribution is 2.29. The minimum Gasteiger partial charge on any atom is -0.479 e. The molecule has 1 rings (SSSR count). The van der Waals surface area contributed by atoms with Crippen molar-refractivity contribution in [3.05, 3.63) is 34.4 Å². The van der Waals surface area contributed by atoms with Crippen LogP contribution in [0.2, 0.25) is 0 Å². The summed E-state index contributed by atoms with van der Waals surface area (Å²) < 4.78 is 5.04. The molecule has 1 aromatic rings. The van der Waals surface area contributed by atoms with E-state index in [9.17, 15) is 14.9 Å². The highest BCUT2D eigenvalue weighted by atomic mass is 32.2. The summed E-state index contributed by atoms with van der Waals surface area (Å²) in [6, 6.07) is 6.22. The summed E-state index contributed by atoms with van der Waals surface area (Å²) in [6.07, 6.45) is -0.959. The van der Waals surface area contributed by atoms with Crippen LogP contribution in [0.3, 0.4) is 0 Å². The van der Waals surface area contributed by atoms with E-state index in [1.165, 1.54) is 6.07 Å². The first-order valence-electron chi connectivity index (χ1n) is 5.27. The summed E-state index contributed by atoms with van der Waals surface area (Å²) in [5.74, 6) is -0.934. The van der Waals surface area contributed by atoms with E-state index < -0.39 is 17.0 Å². The zero-order chi connectivity index (χ0) is 13.5. The number of carboxylic acid groups (broad SMARTS) is 1. The maximum atomic E-state index is 10.9. The standard InChI is InChI=1S/C11H13NO5S/c1-2-17-9(11(13)14)7-18-10-6-4-3-5-8(10)12(15)16/h3-6,9H,2,7H2,1H3,(H,13,14). The number of para-hydroxylation sites is 1. The summed E-state index contributed by atoms with van der Waals surface area (Å²) in [6.45, 7) is 1.99. The molecule has 1 unspecified atom stereocenters. The quantitative estimate of drug-likeness (QED) is 0.464. The van der Waals surface area contributed by atoms with Gasteiger partial charge in [0.05, 0.1) is 9.82 Å². The first-order chi connectivity index (χ1) is 8.56. The number of carboxylic acids is 1. The third-order valence-corrected chi connectivity index (χ3v) is 3.22. The van der Waals surface area contributed by atoms with E-state index >= 15 is 0 Å². The predicted octanol–water partition coefficient (Wildman–Crippen LogP) is 2.18. The molecule has 0 radical (unpaired) electrons. The maximum Gasteiger partial charge on any atom is 0.333 e. The molecule has 0 heterocycles. The lowest BCUT2D eigenvalue weighted by Gasteiger charge is -2.11. The minimum atomic E-state index is -1.07. The number of benzene rings is 1. The van der Waals surface area contributed by atoms with Gasteiger partial charge in [0.2, 0.25) is 0 Å². The van der Waals surface area contributed by atoms with Crippen LogP contribution in [0.15, 0.2) is 29.2 Å². The molecule has 0 saturated heterocycles. The molecule has 0 aliphatic heterocycles. The molecule has 1 aromatic carbocycles. The first kappa shape index (κ1) is 14.5. The van der Waals surface area contributed by atoms with Gasteiger partial charge in [0.25, 0.3) is 5.69 Å². The van der Waals surface area contributed by atoms with E-state index in [0.717, 1.165) is 11.8 Å². The molecule has 0 spiro atoms. The van der Waals surface area contributed by atoms with Crippen molar-refractivity contribution in [2.45, 2.75) is 17.9 Å². The van der Waals surface area contributed by atoms with Crippen LogP contribution in [0.5, 0.6) is 0 Å². The molecule has 18 heavy (non-hydrogen) atoms. The highest BCUT2D eigenvalue weighted by Gasteiger charge is 2.20. The summed E-state index contributed by atoms with van der Waals surface area (Å²) in [4.78, 5) is 21.6. The van der Waals surface area contributed by atoms with E-state index in [2.05, 4.69) is 0 Å². The number of nitrogens with zero attached hydrogens (tertiary/aromatic N) is 1. The van der Waals surface area contributed by atoms with Gasteiger partial charge in [-0.15, -0.1) is 11.8 Å². The minimum absolute atomic E-state index is 0.0249. The largest absolute Gasteiger partial charge is 0.479 e. The molecular weight excluding hydrogens is 258 g/mol. The van der Waals surface area contributed by atoms with Gasteiger partial charge >= 0.3 is 5.97 Å². The van der Waals surface area contributed by atoms with Crippen molar-refractivity contribution in [2.75, 3.05) is 12.4 Å². The Bertz CT molecular complexity index is 437. The van der Waals surface area contributed by atoms with Gasteiger partial charge in [-0.3, -0.25) is 10.1 Å². The van der Waals surface area contributed by atoms with Gasteiger partial charge < -0.3 is 9.84 Å². The van der Waals surface area contributed by atoms with E-state index in [0.29, 0.717) is 4.90 Å². The molecule has 1 N–H and O–H groups in total. The average molecular weight is 271 g/mol. The second kappa shape index (κ2) is 6.97. The molecule has 7 heteroatoms. The lowest BCUT2D eigenvalue weighted by Crippen LogP contribution is -2.26. The van der Waals surface area contributed by atoms with E-state index in [1.807, 2.05) is 0 Å². The van der Waals surface area contributed by atoms with Gasteiger partial charge in [-0.05, 0) is 13.0 Å². The molecule has 0 aliphatic carbocycles. The van der Waals surface area contributed by atoms with Crippen LogP contribution in [0, 0.1) is 10.1 Å². The van der Waals surface area contributed by atoms with Crippen molar-refractivity contribution < 1.29 is 19.6 Å². The molecule has 0 aliphatic rings. The number of hydrogen-bond acceptors (Lipinski definition) is 5. The Hall–Kier alpha value is -1.60. The number of aliphatic carboxylic acids is 1. The van der Waals surface area contributed by atoms with Gasteiger partial charge in [0.1, 0.15) is 0 Å². The third kappa shape index (κ3) is 4.01. The van der Waals surface area contributed by atoms with Crippen LogP contribution in [0.1, 0.15) is 6.92 Å². The monoisotopic (exact) mass is 271 g/mol. The smallest absolute Gasteiger partial charge is 0.333 e. The van der Waals surface area contributed by atoms with Gasteiger partial charge in [-0.2, -0.15) is 0 Å². The lowest BCUT2D eigenvalue weighted by atomic mass is 10.3. The van der Waals surface area contributed by atoms with Gasteiger partial charge in [0.15, 0.2) is 6.10 Å². The van der Waals surface area contributed by atoms with Crippen LogP contribution in [0.25, 0.3) is 0 Å². The second-order valence-electron chi connectivity index (χ2n) is 3.32. The number of carbonyl (C=O) groups is 1. The zero-order valence-electron chi connectivity index (χ0n) is 9.74. The summed E-state index contributed by atoms with van der Waals surface area (Å²) in [5, 5.41) is 19.7. The number of rotatable bonds is 7. The second-order valence-corrected chi connectivity index (χ2v) is 4.38. The van der Waals surface area contributed by atoms with Crippen molar-refractivity contribution >= 4 is 23.4 Å². The van der Waals surface area contributed by atoms with E-state index in [4.69, 9.17) is 9.84 Å². The fraction of sp³-hybridized carbons (Fsp3) is 0.364. The molecule has 6 nitrogen and oxygen atoms in total. The van der Waals surface area contributed by atoms with Crippen LogP contribution in [0.4, 0.5) is 5.69 Å². The fourth-order valence-electron chi connectivity index (χ4n) is 1.29. The normalized spacial score (nSPS) is 12.1. The molecular formula is C11H13NO5S. The third-order valence-electron chi connectivity index (χ3n) is 2.10. The zero-order valence-corrected chi connectivity index (χ0v) is 10.6. The van der Waals surface area contributed by atoms with Crippen LogP contribution in [-0.4, -0.2) is 34.5 Å². The SMILES string of the molecule is CCOC(CSc1ccccc1[N+](=O)[O-])C(=O)O. The van der Waals surface area contributed by atoms with Crippen molar-refractivity contribution in [1.29, 1.82) is 0 Å². The van der Waals surface area contributed by atoms with Crippen LogP contribution >= 0.6 is 11.8 Å². The number of hydrogen-bond donors (Lipinski definition) is 1. The first-order valence-corrected chi connectivity index (χ1v) is 6.25. The molecule has 98 valence electrons. The highest BCUT2D eigenvalue weighted by molar-refractivity contribution is 7.99. The Kier molecular flexibility index (Phi) is 5.60. The van der Waals surface area contributed by atoms with Crippen molar-refractivity contribution in [3.8, 4) is 0 Å². The van der Waals surface area contributed by atoms with E-state index in [-0.39, 0.29) is 18.0 Å². The Balaban J connectivity index is 2.73. The van der Waals surface area contributed by atoms with Crippen LogP contribution in [-0.2, 0) is 9.53 Å². The molecule has 1 atom stereocenters. The Morgan fingerprint density at radius 2 is 2.22 bits per heavy atom. The summed E-state index contributed by atoms with van der Waals surface area (Å²) in [7, 11) is 0. The van der Waals surface area contributed by atoms with Crippen molar-refractivity contribution in [3.63, 3.8) is 0 Å². The van der Waals surface area contributed by atoms with Gasteiger partial charge in [0, 0.05) is 18.4 Å². The Labute approximate surface area is 108 Å². The molecule has 0 bridgehead atoms. The number of thioether (sulfide) groups is 1. The number of ether oxygens (including phenoxy) is 1. The van der Waals surface area contributed by atoms with Crippen molar-refractivity contribution in [2.24, 2.45) is 0 Å². The van der Waals surface area contributed by atoms with Crippen molar-refractivity contribution in [1.82, 2.24) is 0 Å². The van der Waals surface area contributed by atoms with Gasteiger partial charge in [-0.1, -0.05) is 12.1 Å². The van der Waals surface area contributed by atoms with Crippen LogP contribution < -0.4 is 0 Å². The molecule has 0 aromatic heterocycles. The lowest BCUT2D eigenvalue weighted by molar-refractivity contribution is -0.387. The fourth-order valence-corrected chi connectivity index (χ4v) is 2.32. The summed E-state index contributed by atoms with van der Waals surface area (Å²) >= 11 is 1.10. The molecule has 0 amide bonds. The summed E-state index contributed by atoms with van der Waals surface area (Å²) in [5.41, 5.74) is -0.0249.